The first kappa shape index (κ1) is 19.0. The highest BCUT2D eigenvalue weighted by Gasteiger charge is 2.24. The van der Waals surface area contributed by atoms with Gasteiger partial charge in [0.15, 0.2) is 5.96 Å². The Morgan fingerprint density at radius 3 is 2.79 bits per heavy atom. The fraction of sp³-hybridized carbons (Fsp3) is 0.550. The zero-order valence-electron chi connectivity index (χ0n) is 16.6. The minimum absolute atomic E-state index is 0.126. The Balaban J connectivity index is 1.34. The second kappa shape index (κ2) is 8.77. The fourth-order valence-corrected chi connectivity index (χ4v) is 4.40. The summed E-state index contributed by atoms with van der Waals surface area (Å²) in [6.45, 7) is 9.48. The quantitative estimate of drug-likeness (QED) is 0.613. The molecule has 0 amide bonds. The van der Waals surface area contributed by atoms with Crippen LogP contribution in [0.3, 0.4) is 0 Å². The molecule has 0 aliphatic carbocycles. The summed E-state index contributed by atoms with van der Waals surface area (Å²) in [6.07, 6.45) is 1.95. The van der Waals surface area contributed by atoms with Gasteiger partial charge in [0, 0.05) is 57.1 Å². The summed E-state index contributed by atoms with van der Waals surface area (Å²) >= 11 is 1.51. The number of hydrogen-bond donors (Lipinski definition) is 1. The number of piperazine rings is 1. The van der Waals surface area contributed by atoms with E-state index in [1.165, 1.54) is 17.1 Å². The minimum atomic E-state index is 0.126. The number of guanidine groups is 1. The molecule has 0 saturated carbocycles. The highest BCUT2D eigenvalue weighted by atomic mass is 32.1. The van der Waals surface area contributed by atoms with E-state index in [1.54, 1.807) is 0 Å². The van der Waals surface area contributed by atoms with Crippen molar-refractivity contribution in [3.63, 3.8) is 0 Å². The van der Waals surface area contributed by atoms with Crippen LogP contribution in [0.25, 0.3) is 0 Å². The van der Waals surface area contributed by atoms with Gasteiger partial charge in [0.1, 0.15) is 17.7 Å². The number of aryl methyl sites for hydroxylation is 1. The highest BCUT2D eigenvalue weighted by molar-refractivity contribution is 7.09. The molecular formula is C20H28N6OS. The molecule has 1 saturated heterocycles. The van der Waals surface area contributed by atoms with Gasteiger partial charge in [0.25, 0.3) is 0 Å². The molecule has 150 valence electrons. The molecular weight excluding hydrogens is 372 g/mol. The minimum Gasteiger partial charge on any atom is -0.488 e. The van der Waals surface area contributed by atoms with Crippen molar-refractivity contribution in [3.8, 4) is 5.75 Å². The molecule has 8 heteroatoms. The third-order valence-corrected chi connectivity index (χ3v) is 5.93. The molecule has 1 atom stereocenters. The van der Waals surface area contributed by atoms with E-state index in [0.29, 0.717) is 6.54 Å². The molecule has 3 heterocycles. The standard InChI is InChI=1S/C20H28N6OS/c1-3-18-23-20(28-24-18)26-11-9-25(10-12-26)19(21-4-2)22-14-16-13-15-7-5-6-8-17(15)27-16/h5-8,16H,3-4,9-14H2,1-2H3,(H,21,22). The van der Waals surface area contributed by atoms with Crippen molar-refractivity contribution in [2.45, 2.75) is 32.8 Å². The van der Waals surface area contributed by atoms with Gasteiger partial charge in [-0.3, -0.25) is 0 Å². The largest absolute Gasteiger partial charge is 0.488 e. The summed E-state index contributed by atoms with van der Waals surface area (Å²) in [5.41, 5.74) is 1.28. The lowest BCUT2D eigenvalue weighted by atomic mass is 10.1. The molecule has 1 fully saturated rings. The van der Waals surface area contributed by atoms with E-state index >= 15 is 0 Å². The van der Waals surface area contributed by atoms with Crippen LogP contribution in [0, 0.1) is 0 Å². The summed E-state index contributed by atoms with van der Waals surface area (Å²) in [7, 11) is 0. The summed E-state index contributed by atoms with van der Waals surface area (Å²) in [6, 6.07) is 8.27. The first-order valence-corrected chi connectivity index (χ1v) is 10.9. The second-order valence-corrected chi connectivity index (χ2v) is 7.80. The monoisotopic (exact) mass is 400 g/mol. The van der Waals surface area contributed by atoms with Crippen molar-refractivity contribution in [2.24, 2.45) is 4.99 Å². The van der Waals surface area contributed by atoms with E-state index in [9.17, 15) is 0 Å². The van der Waals surface area contributed by atoms with Crippen molar-refractivity contribution >= 4 is 22.6 Å². The number of para-hydroxylation sites is 1. The summed E-state index contributed by atoms with van der Waals surface area (Å²) < 4.78 is 10.4. The van der Waals surface area contributed by atoms with Gasteiger partial charge in [-0.2, -0.15) is 4.37 Å². The van der Waals surface area contributed by atoms with Crippen molar-refractivity contribution in [2.75, 3.05) is 44.2 Å². The predicted molar refractivity (Wildman–Crippen MR) is 114 cm³/mol. The van der Waals surface area contributed by atoms with E-state index in [-0.39, 0.29) is 6.10 Å². The van der Waals surface area contributed by atoms with Crippen LogP contribution in [0.1, 0.15) is 25.2 Å². The molecule has 4 rings (SSSR count). The topological polar surface area (TPSA) is 65.9 Å². The maximum Gasteiger partial charge on any atom is 0.205 e. The van der Waals surface area contributed by atoms with E-state index in [1.807, 2.05) is 12.1 Å². The zero-order chi connectivity index (χ0) is 19.3. The van der Waals surface area contributed by atoms with Crippen molar-refractivity contribution < 1.29 is 4.74 Å². The third kappa shape index (κ3) is 4.22. The van der Waals surface area contributed by atoms with Crippen molar-refractivity contribution in [3.05, 3.63) is 35.7 Å². The molecule has 0 bridgehead atoms. The van der Waals surface area contributed by atoms with Crippen molar-refractivity contribution in [1.29, 1.82) is 0 Å². The molecule has 1 aromatic heterocycles. The molecule has 0 radical (unpaired) electrons. The van der Waals surface area contributed by atoms with Crippen molar-refractivity contribution in [1.82, 2.24) is 19.6 Å². The van der Waals surface area contributed by atoms with Crippen LogP contribution in [0.4, 0.5) is 5.13 Å². The highest BCUT2D eigenvalue weighted by Crippen LogP contribution is 2.28. The second-order valence-electron chi connectivity index (χ2n) is 7.07. The Hall–Kier alpha value is -2.35. The number of rotatable bonds is 5. The molecule has 1 aromatic carbocycles. The number of nitrogens with one attached hydrogen (secondary N) is 1. The van der Waals surface area contributed by atoms with Gasteiger partial charge in [0.05, 0.1) is 6.54 Å². The lowest BCUT2D eigenvalue weighted by Crippen LogP contribution is -2.52. The Bertz CT molecular complexity index is 790. The normalized spacial score (nSPS) is 19.5. The smallest absolute Gasteiger partial charge is 0.205 e. The van der Waals surface area contributed by atoms with Crippen LogP contribution in [0.5, 0.6) is 5.75 Å². The van der Waals surface area contributed by atoms with Gasteiger partial charge >= 0.3 is 0 Å². The molecule has 0 spiro atoms. The van der Waals surface area contributed by atoms with Crippen LogP contribution < -0.4 is 15.0 Å². The maximum absolute atomic E-state index is 6.04. The van der Waals surface area contributed by atoms with E-state index in [2.05, 4.69) is 50.5 Å². The molecule has 2 aromatic rings. The Labute approximate surface area is 170 Å². The van der Waals surface area contributed by atoms with E-state index in [0.717, 1.165) is 68.2 Å². The summed E-state index contributed by atoms with van der Waals surface area (Å²) in [5.74, 6) is 2.92. The van der Waals surface area contributed by atoms with Gasteiger partial charge in [-0.15, -0.1) is 0 Å². The first-order valence-electron chi connectivity index (χ1n) is 10.1. The number of nitrogens with zero attached hydrogens (tertiary/aromatic N) is 5. The number of fused-ring (bicyclic) bond motifs is 1. The lowest BCUT2D eigenvalue weighted by molar-refractivity contribution is 0.240. The average molecular weight is 401 g/mol. The van der Waals surface area contributed by atoms with Crippen LogP contribution >= 0.6 is 11.5 Å². The molecule has 1 N–H and O–H groups in total. The fourth-order valence-electron chi connectivity index (χ4n) is 3.60. The Morgan fingerprint density at radius 1 is 1.25 bits per heavy atom. The number of anilines is 1. The van der Waals surface area contributed by atoms with Crippen LogP contribution in [0.15, 0.2) is 29.3 Å². The zero-order valence-corrected chi connectivity index (χ0v) is 17.4. The van der Waals surface area contributed by atoms with Crippen LogP contribution in [-0.4, -0.2) is 65.6 Å². The lowest BCUT2D eigenvalue weighted by Gasteiger charge is -2.36. The van der Waals surface area contributed by atoms with E-state index < -0.39 is 0 Å². The van der Waals surface area contributed by atoms with E-state index in [4.69, 9.17) is 9.73 Å². The SMILES string of the molecule is CCNC(=NCC1Cc2ccccc2O1)N1CCN(c2nc(CC)ns2)CC1. The first-order chi connectivity index (χ1) is 13.8. The van der Waals surface area contributed by atoms with Gasteiger partial charge in [0.2, 0.25) is 5.13 Å². The third-order valence-electron chi connectivity index (χ3n) is 5.12. The van der Waals surface area contributed by atoms with Gasteiger partial charge in [-0.05, 0) is 18.6 Å². The molecule has 1 unspecified atom stereocenters. The Morgan fingerprint density at radius 2 is 2.07 bits per heavy atom. The molecule has 2 aliphatic rings. The van der Waals surface area contributed by atoms with Gasteiger partial charge in [-0.25, -0.2) is 9.98 Å². The number of ether oxygens (including phenoxy) is 1. The average Bonchev–Trinajstić information content (AvgIpc) is 3.38. The molecule has 28 heavy (non-hydrogen) atoms. The number of aromatic nitrogens is 2. The van der Waals surface area contributed by atoms with Crippen LogP contribution in [0.2, 0.25) is 0 Å². The summed E-state index contributed by atoms with van der Waals surface area (Å²) in [5, 5.41) is 4.48. The number of hydrogen-bond acceptors (Lipinski definition) is 6. The van der Waals surface area contributed by atoms with Gasteiger partial charge < -0.3 is 19.9 Å². The predicted octanol–water partition coefficient (Wildman–Crippen LogP) is 2.19. The number of aliphatic imine (C=N–C) groups is 1. The maximum atomic E-state index is 6.04. The molecule has 2 aliphatic heterocycles. The summed E-state index contributed by atoms with van der Waals surface area (Å²) in [4.78, 5) is 14.2. The van der Waals surface area contributed by atoms with Gasteiger partial charge in [-0.1, -0.05) is 25.1 Å². The Kier molecular flexibility index (Phi) is 5.95. The number of benzene rings is 1. The van der Waals surface area contributed by atoms with Crippen LogP contribution in [-0.2, 0) is 12.8 Å². The molecule has 7 nitrogen and oxygen atoms in total.